The first-order valence-corrected chi connectivity index (χ1v) is 15.8. The van der Waals surface area contributed by atoms with E-state index in [4.69, 9.17) is 0 Å². The summed E-state index contributed by atoms with van der Waals surface area (Å²) < 4.78 is 0. The summed E-state index contributed by atoms with van der Waals surface area (Å²) in [6.07, 6.45) is 0. The van der Waals surface area contributed by atoms with Crippen LogP contribution in [0.5, 0.6) is 0 Å². The third-order valence-electron chi connectivity index (χ3n) is 4.50. The van der Waals surface area contributed by atoms with E-state index < -0.39 is 0 Å². The fraction of sp³-hybridized carbons (Fsp3) is 1.00. The molecule has 0 atom stereocenters. The van der Waals surface area contributed by atoms with Crippen molar-refractivity contribution in [2.24, 2.45) is 0 Å². The van der Waals surface area contributed by atoms with Crippen molar-refractivity contribution in [2.45, 2.75) is 117 Å². The van der Waals surface area contributed by atoms with Gasteiger partial charge in [-0.3, -0.25) is 0 Å². The maximum atomic E-state index is 2.35. The van der Waals surface area contributed by atoms with Crippen molar-refractivity contribution in [1.82, 2.24) is 0 Å². The minimum atomic E-state index is -0.0502. The van der Waals surface area contributed by atoms with Crippen molar-refractivity contribution in [3.8, 4) is 0 Å². The average Bonchev–Trinajstić information content (AvgIpc) is 2.14. The molecule has 0 aromatic rings. The summed E-state index contributed by atoms with van der Waals surface area (Å²) in [6, 6.07) is 0. The topological polar surface area (TPSA) is 0 Å². The molecule has 0 aliphatic rings. The molecule has 6 radical (unpaired) electrons. The van der Waals surface area contributed by atoms with Crippen LogP contribution in [0.25, 0.3) is 0 Å². The van der Waals surface area contributed by atoms with Gasteiger partial charge in [-0.1, -0.05) is 102 Å². The molecule has 0 unspecified atom stereocenters. The molecule has 0 saturated carbocycles. The quantitative estimate of drug-likeness (QED) is 0.329. The second-order valence-electron chi connectivity index (χ2n) is 9.75. The van der Waals surface area contributed by atoms with E-state index in [-0.39, 0.29) is 50.8 Å². The minimum Gasteiger partial charge on any atom is -0.0709 e. The zero-order valence-electron chi connectivity index (χ0n) is 18.4. The van der Waals surface area contributed by atoms with Gasteiger partial charge >= 0.3 is 0 Å². The second-order valence-corrected chi connectivity index (χ2v) is 20.2. The average molecular weight is 468 g/mol. The molecule has 0 bridgehead atoms. The number of rotatable bonds is 0. The first-order chi connectivity index (χ1) is 8.83. The SMILES string of the molecule is C[Si](C)C(C)(C)C.C[Si](C)C(C)(C)C.C[Si](C)C(C)(C)C.[Sb]. The fourth-order valence-electron chi connectivity index (χ4n) is 0. The number of hydrogen-bond acceptors (Lipinski definition) is 0. The van der Waals surface area contributed by atoms with E-state index >= 15 is 0 Å². The summed E-state index contributed by atoms with van der Waals surface area (Å²) in [6.45, 7) is 34.9. The van der Waals surface area contributed by atoms with Crippen LogP contribution < -0.4 is 0 Å². The molecule has 0 heterocycles. The maximum absolute atomic E-state index is 2.35. The van der Waals surface area contributed by atoms with Crippen LogP contribution in [0.15, 0.2) is 0 Å². The standard InChI is InChI=1S/3C6H15Si.Sb/c3*1-6(2,3)7(4)5;/h3*1-5H3;. The van der Waals surface area contributed by atoms with Gasteiger partial charge in [-0.25, -0.2) is 0 Å². The maximum Gasteiger partial charge on any atom is 0.0470 e. The van der Waals surface area contributed by atoms with E-state index in [1.54, 1.807) is 0 Å². The van der Waals surface area contributed by atoms with Gasteiger partial charge in [0.25, 0.3) is 0 Å². The van der Waals surface area contributed by atoms with E-state index in [0.29, 0.717) is 15.1 Å². The third kappa shape index (κ3) is 23.7. The molecule has 0 nitrogen and oxygen atoms in total. The summed E-state index contributed by atoms with van der Waals surface area (Å²) >= 11 is 0. The van der Waals surface area contributed by atoms with Gasteiger partial charge in [-0.2, -0.15) is 0 Å². The van der Waals surface area contributed by atoms with Crippen LogP contribution in [0.2, 0.25) is 54.4 Å². The van der Waals surface area contributed by atoms with E-state index in [9.17, 15) is 0 Å². The molecule has 0 spiro atoms. The molecular weight excluding hydrogens is 422 g/mol. The Bertz CT molecular complexity index is 198. The van der Waals surface area contributed by atoms with Gasteiger partial charge in [0.15, 0.2) is 0 Å². The fourth-order valence-corrected chi connectivity index (χ4v) is 0. The van der Waals surface area contributed by atoms with E-state index in [0.717, 1.165) is 0 Å². The predicted octanol–water partition coefficient (Wildman–Crippen LogP) is 7.24. The Labute approximate surface area is 166 Å². The Kier molecular flexibility index (Phi) is 18.2. The monoisotopic (exact) mass is 466 g/mol. The third-order valence-corrected chi connectivity index (χ3v) is 13.5. The van der Waals surface area contributed by atoms with Crippen LogP contribution in [0.3, 0.4) is 0 Å². The molecule has 0 aromatic heterocycles. The summed E-state index contributed by atoms with van der Waals surface area (Å²) in [4.78, 5) is 0. The van der Waals surface area contributed by atoms with Crippen LogP contribution in [0, 0.1) is 0 Å². The van der Waals surface area contributed by atoms with Crippen LogP contribution in [0.4, 0.5) is 0 Å². The van der Waals surface area contributed by atoms with Crippen molar-refractivity contribution < 1.29 is 0 Å². The van der Waals surface area contributed by atoms with Gasteiger partial charge in [0, 0.05) is 50.8 Å². The summed E-state index contributed by atoms with van der Waals surface area (Å²) in [7, 11) is -0.150. The van der Waals surface area contributed by atoms with Crippen LogP contribution in [-0.2, 0) is 0 Å². The van der Waals surface area contributed by atoms with Crippen LogP contribution >= 0.6 is 0 Å². The smallest absolute Gasteiger partial charge is 0.0470 e. The second kappa shape index (κ2) is 12.8. The molecule has 0 aliphatic carbocycles. The van der Waals surface area contributed by atoms with Gasteiger partial charge in [-0.05, 0) is 15.1 Å². The molecule has 0 rings (SSSR count). The van der Waals surface area contributed by atoms with Gasteiger partial charge in [0.2, 0.25) is 0 Å². The molecule has 0 amide bonds. The number of hydrogen-bond donors (Lipinski definition) is 0. The molecule has 0 N–H and O–H groups in total. The summed E-state index contributed by atoms with van der Waals surface area (Å²) in [5, 5.41) is 1.81. The minimum absolute atomic E-state index is 0. The first kappa shape index (κ1) is 31.3. The predicted molar refractivity (Wildman–Crippen MR) is 117 cm³/mol. The van der Waals surface area contributed by atoms with Crippen molar-refractivity contribution in [1.29, 1.82) is 0 Å². The first-order valence-electron chi connectivity index (χ1n) is 8.25. The molecule has 0 saturated heterocycles. The Morgan fingerprint density at radius 1 is 0.364 bits per heavy atom. The summed E-state index contributed by atoms with van der Waals surface area (Å²) in [5.74, 6) is 0. The summed E-state index contributed by atoms with van der Waals surface area (Å²) in [5.41, 5.74) is 0. The molecule has 0 aromatic carbocycles. The van der Waals surface area contributed by atoms with E-state index in [1.807, 2.05) is 0 Å². The van der Waals surface area contributed by atoms with Gasteiger partial charge in [-0.15, -0.1) is 0 Å². The van der Waals surface area contributed by atoms with E-state index in [1.165, 1.54) is 0 Å². The van der Waals surface area contributed by atoms with E-state index in [2.05, 4.69) is 102 Å². The Morgan fingerprint density at radius 3 is 0.409 bits per heavy atom. The Morgan fingerprint density at radius 2 is 0.409 bits per heavy atom. The molecular formula is C18H45SbSi3. The van der Waals surface area contributed by atoms with Crippen molar-refractivity contribution in [2.75, 3.05) is 0 Å². The van der Waals surface area contributed by atoms with Crippen molar-refractivity contribution in [3.05, 3.63) is 0 Å². The molecule has 134 valence electrons. The molecule has 4 heteroatoms. The normalized spacial score (nSPS) is 12.3. The zero-order chi connectivity index (χ0) is 18.2. The Balaban J connectivity index is -0.000000108. The van der Waals surface area contributed by atoms with Crippen LogP contribution in [-0.4, -0.2) is 50.8 Å². The zero-order valence-corrected chi connectivity index (χ0v) is 24.0. The Hall–Kier alpha value is 1.47. The van der Waals surface area contributed by atoms with Gasteiger partial charge in [0.05, 0.1) is 0 Å². The molecule has 0 fully saturated rings. The van der Waals surface area contributed by atoms with Crippen molar-refractivity contribution >= 4 is 50.8 Å². The molecule has 0 aliphatic heterocycles. The molecule has 22 heavy (non-hydrogen) atoms. The van der Waals surface area contributed by atoms with Gasteiger partial charge < -0.3 is 0 Å². The van der Waals surface area contributed by atoms with Crippen LogP contribution in [0.1, 0.15) is 62.3 Å². The largest absolute Gasteiger partial charge is 0.0709 e. The van der Waals surface area contributed by atoms with Crippen molar-refractivity contribution in [3.63, 3.8) is 0 Å². The van der Waals surface area contributed by atoms with Gasteiger partial charge in [0.1, 0.15) is 0 Å².